The van der Waals surface area contributed by atoms with E-state index in [1.807, 2.05) is 18.2 Å². The first kappa shape index (κ1) is 16.6. The molecular formula is C21H28O. The molecule has 0 aliphatic rings. The number of benzene rings is 2. The Bertz CT molecular complexity index is 640. The fourth-order valence-corrected chi connectivity index (χ4v) is 2.98. The van der Waals surface area contributed by atoms with Crippen LogP contribution < -0.4 is 0 Å². The van der Waals surface area contributed by atoms with E-state index >= 15 is 0 Å². The maximum atomic E-state index is 10.9. The van der Waals surface area contributed by atoms with Crippen LogP contribution in [0.1, 0.15) is 63.8 Å². The van der Waals surface area contributed by atoms with Crippen LogP contribution in [0.15, 0.2) is 42.5 Å². The molecule has 0 unspecified atom stereocenters. The highest BCUT2D eigenvalue weighted by Gasteiger charge is 2.29. The Morgan fingerprint density at radius 2 is 1.36 bits per heavy atom. The molecule has 0 aliphatic carbocycles. The van der Waals surface area contributed by atoms with Crippen molar-refractivity contribution in [2.45, 2.75) is 58.8 Å². The molecule has 0 aromatic heterocycles. The molecule has 0 saturated carbocycles. The van der Waals surface area contributed by atoms with Gasteiger partial charge in [0.15, 0.2) is 0 Å². The summed E-state index contributed by atoms with van der Waals surface area (Å²) in [6.07, 6.45) is 0.764. The Balaban J connectivity index is 2.56. The third-order valence-corrected chi connectivity index (χ3v) is 4.06. The SMILES string of the molecule is CC(C)(C)c1ccc(Cc2ccccc2)c(O)c1C(C)(C)C. The van der Waals surface area contributed by atoms with Gasteiger partial charge in [-0.25, -0.2) is 0 Å². The van der Waals surface area contributed by atoms with Gasteiger partial charge in [0.05, 0.1) is 0 Å². The average molecular weight is 296 g/mol. The van der Waals surface area contributed by atoms with Crippen molar-refractivity contribution >= 4 is 0 Å². The minimum Gasteiger partial charge on any atom is -0.507 e. The summed E-state index contributed by atoms with van der Waals surface area (Å²) < 4.78 is 0. The summed E-state index contributed by atoms with van der Waals surface area (Å²) in [5, 5.41) is 10.9. The van der Waals surface area contributed by atoms with Gasteiger partial charge in [-0.2, -0.15) is 0 Å². The van der Waals surface area contributed by atoms with E-state index < -0.39 is 0 Å². The zero-order chi connectivity index (χ0) is 16.5. The summed E-state index contributed by atoms with van der Waals surface area (Å²) in [5.74, 6) is 0.462. The molecule has 0 spiro atoms. The molecular weight excluding hydrogens is 268 g/mol. The molecule has 1 nitrogen and oxygen atoms in total. The van der Waals surface area contributed by atoms with Gasteiger partial charge in [0.2, 0.25) is 0 Å². The van der Waals surface area contributed by atoms with Crippen LogP contribution in [0.2, 0.25) is 0 Å². The molecule has 2 aromatic carbocycles. The van der Waals surface area contributed by atoms with Gasteiger partial charge in [0, 0.05) is 12.0 Å². The summed E-state index contributed by atoms with van der Waals surface area (Å²) >= 11 is 0. The van der Waals surface area contributed by atoms with Crippen LogP contribution in [0.25, 0.3) is 0 Å². The topological polar surface area (TPSA) is 20.2 Å². The van der Waals surface area contributed by atoms with Crippen LogP contribution in [0.3, 0.4) is 0 Å². The first-order chi connectivity index (χ1) is 10.1. The second-order valence-electron chi connectivity index (χ2n) is 8.16. The second-order valence-corrected chi connectivity index (χ2v) is 8.16. The van der Waals surface area contributed by atoms with Gasteiger partial charge in [0.25, 0.3) is 0 Å². The lowest BCUT2D eigenvalue weighted by Gasteiger charge is -2.31. The van der Waals surface area contributed by atoms with E-state index in [2.05, 4.69) is 65.8 Å². The lowest BCUT2D eigenvalue weighted by atomic mass is 9.74. The Morgan fingerprint density at radius 1 is 0.773 bits per heavy atom. The van der Waals surface area contributed by atoms with Crippen molar-refractivity contribution in [2.75, 3.05) is 0 Å². The van der Waals surface area contributed by atoms with E-state index in [1.165, 1.54) is 11.1 Å². The lowest BCUT2D eigenvalue weighted by molar-refractivity contribution is 0.430. The lowest BCUT2D eigenvalue weighted by Crippen LogP contribution is -2.22. The van der Waals surface area contributed by atoms with Crippen LogP contribution in [0, 0.1) is 0 Å². The average Bonchev–Trinajstić information content (AvgIpc) is 2.39. The Morgan fingerprint density at radius 3 is 1.86 bits per heavy atom. The van der Waals surface area contributed by atoms with Crippen molar-refractivity contribution in [3.05, 3.63) is 64.7 Å². The molecule has 0 fully saturated rings. The van der Waals surface area contributed by atoms with Crippen molar-refractivity contribution in [2.24, 2.45) is 0 Å². The van der Waals surface area contributed by atoms with Crippen LogP contribution in [0.5, 0.6) is 5.75 Å². The molecule has 0 bridgehead atoms. The molecule has 1 N–H and O–H groups in total. The molecule has 0 heterocycles. The van der Waals surface area contributed by atoms with E-state index in [0.717, 1.165) is 17.5 Å². The van der Waals surface area contributed by atoms with Crippen LogP contribution in [-0.4, -0.2) is 5.11 Å². The third kappa shape index (κ3) is 3.52. The predicted molar refractivity (Wildman–Crippen MR) is 94.8 cm³/mol. The van der Waals surface area contributed by atoms with Crippen molar-refractivity contribution < 1.29 is 5.11 Å². The highest BCUT2D eigenvalue weighted by molar-refractivity contribution is 5.52. The molecule has 0 amide bonds. The van der Waals surface area contributed by atoms with Crippen LogP contribution in [0.4, 0.5) is 0 Å². The molecule has 2 rings (SSSR count). The van der Waals surface area contributed by atoms with Crippen LogP contribution >= 0.6 is 0 Å². The van der Waals surface area contributed by atoms with Gasteiger partial charge in [-0.3, -0.25) is 0 Å². The fourth-order valence-electron chi connectivity index (χ4n) is 2.98. The number of hydrogen-bond acceptors (Lipinski definition) is 1. The normalized spacial score (nSPS) is 12.5. The smallest absolute Gasteiger partial charge is 0.123 e. The van der Waals surface area contributed by atoms with Crippen molar-refractivity contribution in [3.8, 4) is 5.75 Å². The van der Waals surface area contributed by atoms with Gasteiger partial charge in [-0.15, -0.1) is 0 Å². The Hall–Kier alpha value is -1.76. The second kappa shape index (κ2) is 5.79. The monoisotopic (exact) mass is 296 g/mol. The van der Waals surface area contributed by atoms with E-state index in [1.54, 1.807) is 0 Å². The van der Waals surface area contributed by atoms with Crippen LogP contribution in [-0.2, 0) is 17.3 Å². The zero-order valence-electron chi connectivity index (χ0n) is 14.7. The first-order valence-electron chi connectivity index (χ1n) is 8.00. The zero-order valence-corrected chi connectivity index (χ0v) is 14.7. The van der Waals surface area contributed by atoms with E-state index in [4.69, 9.17) is 0 Å². The third-order valence-electron chi connectivity index (χ3n) is 4.06. The quantitative estimate of drug-likeness (QED) is 0.767. The summed E-state index contributed by atoms with van der Waals surface area (Å²) in [5.41, 5.74) is 4.47. The molecule has 118 valence electrons. The Labute approximate surface area is 135 Å². The van der Waals surface area contributed by atoms with Gasteiger partial charge < -0.3 is 5.11 Å². The van der Waals surface area contributed by atoms with Crippen molar-refractivity contribution in [1.82, 2.24) is 0 Å². The van der Waals surface area contributed by atoms with Gasteiger partial charge in [0.1, 0.15) is 5.75 Å². The summed E-state index contributed by atoms with van der Waals surface area (Å²) in [6, 6.07) is 14.6. The van der Waals surface area contributed by atoms with Gasteiger partial charge in [-0.05, 0) is 27.5 Å². The van der Waals surface area contributed by atoms with Gasteiger partial charge >= 0.3 is 0 Å². The number of rotatable bonds is 2. The summed E-state index contributed by atoms with van der Waals surface area (Å²) in [4.78, 5) is 0. The van der Waals surface area contributed by atoms with Crippen molar-refractivity contribution in [1.29, 1.82) is 0 Å². The number of hydrogen-bond donors (Lipinski definition) is 1. The molecule has 0 aliphatic heterocycles. The summed E-state index contributed by atoms with van der Waals surface area (Å²) in [6.45, 7) is 13.1. The van der Waals surface area contributed by atoms with E-state index in [9.17, 15) is 5.11 Å². The molecule has 0 atom stereocenters. The maximum absolute atomic E-state index is 10.9. The number of aromatic hydroxyl groups is 1. The van der Waals surface area contributed by atoms with E-state index in [-0.39, 0.29) is 10.8 Å². The first-order valence-corrected chi connectivity index (χ1v) is 8.00. The highest BCUT2D eigenvalue weighted by atomic mass is 16.3. The molecule has 0 radical (unpaired) electrons. The minimum atomic E-state index is -0.0839. The molecule has 1 heteroatoms. The van der Waals surface area contributed by atoms with E-state index in [0.29, 0.717) is 5.75 Å². The number of phenols is 1. The predicted octanol–water partition coefficient (Wildman–Crippen LogP) is 5.58. The standard InChI is InChI=1S/C21H28O/c1-20(2,3)17-13-12-16(14-15-10-8-7-9-11-15)19(22)18(17)21(4,5)6/h7-13,22H,14H2,1-6H3. The summed E-state index contributed by atoms with van der Waals surface area (Å²) in [7, 11) is 0. The largest absolute Gasteiger partial charge is 0.507 e. The van der Waals surface area contributed by atoms with Crippen molar-refractivity contribution in [3.63, 3.8) is 0 Å². The molecule has 22 heavy (non-hydrogen) atoms. The maximum Gasteiger partial charge on any atom is 0.123 e. The molecule has 0 saturated heterocycles. The highest BCUT2D eigenvalue weighted by Crippen LogP contribution is 2.41. The molecule has 2 aromatic rings. The minimum absolute atomic E-state index is 0.0192. The van der Waals surface area contributed by atoms with Gasteiger partial charge in [-0.1, -0.05) is 84.0 Å². The Kier molecular flexibility index (Phi) is 4.37. The number of phenolic OH excluding ortho intramolecular Hbond substituents is 1. The fraction of sp³-hybridized carbons (Fsp3) is 0.429.